The zero-order chi connectivity index (χ0) is 42.6. The molecule has 0 saturated carbocycles. The Labute approximate surface area is 333 Å². The number of oxime groups is 1. The van der Waals surface area contributed by atoms with Gasteiger partial charge in [0.2, 0.25) is 0 Å². The topological polar surface area (TPSA) is 202 Å². The number of likely N-dealkylation sites (N-methyl/N-ethyl adjacent to an activating group) is 1. The molecule has 13 atom stereocenters. The van der Waals surface area contributed by atoms with Crippen molar-refractivity contribution in [3.8, 4) is 0 Å². The number of carboxylic acids is 1. The lowest BCUT2D eigenvalue weighted by molar-refractivity contribution is -0.296. The number of alkyl halides is 1. The lowest BCUT2D eigenvalue weighted by Gasteiger charge is -2.47. The molecule has 0 amide bonds. The predicted molar refractivity (Wildman–Crippen MR) is 203 cm³/mol. The zero-order valence-electron chi connectivity index (χ0n) is 34.6. The van der Waals surface area contributed by atoms with Crippen molar-refractivity contribution in [2.24, 2.45) is 22.9 Å². The van der Waals surface area contributed by atoms with Crippen LogP contribution in [0.5, 0.6) is 0 Å². The minimum Gasteiger partial charge on any atom is -0.478 e. The lowest BCUT2D eigenvalue weighted by Crippen LogP contribution is -2.61. The third-order valence-electron chi connectivity index (χ3n) is 11.4. The van der Waals surface area contributed by atoms with Gasteiger partial charge in [0.1, 0.15) is 19.3 Å². The first kappa shape index (κ1) is 45.7. The van der Waals surface area contributed by atoms with Crippen molar-refractivity contribution in [2.75, 3.05) is 27.8 Å². The summed E-state index contributed by atoms with van der Waals surface area (Å²) in [5.74, 6) is -6.60. The van der Waals surface area contributed by atoms with Gasteiger partial charge in [0.15, 0.2) is 23.8 Å². The van der Waals surface area contributed by atoms with Crippen molar-refractivity contribution in [2.45, 2.75) is 134 Å². The van der Waals surface area contributed by atoms with E-state index in [0.29, 0.717) is 17.7 Å². The third-order valence-corrected chi connectivity index (χ3v) is 11.4. The fraction of sp³-hybridized carbons (Fsp3) is 0.700. The second-order valence-corrected chi connectivity index (χ2v) is 16.1. The van der Waals surface area contributed by atoms with Gasteiger partial charge < -0.3 is 48.4 Å². The van der Waals surface area contributed by atoms with Crippen LogP contribution in [-0.4, -0.2) is 137 Å². The molecule has 3 saturated heterocycles. The summed E-state index contributed by atoms with van der Waals surface area (Å²) in [5.41, 5.74) is -5.57. The number of pyridine rings is 1. The normalized spacial score (nSPS) is 39.0. The summed E-state index contributed by atoms with van der Waals surface area (Å²) in [6, 6.07) is 1.02. The molecule has 57 heavy (non-hydrogen) atoms. The van der Waals surface area contributed by atoms with E-state index in [2.05, 4.69) is 10.1 Å². The maximum atomic E-state index is 16.9. The number of fused-ring (bicyclic) bond motifs is 1. The van der Waals surface area contributed by atoms with Crippen molar-refractivity contribution in [3.63, 3.8) is 0 Å². The number of carbonyl (C=O) groups excluding carboxylic acids is 3. The standard InChI is InChI=1S/C40H58FN3O13/c1-12-28-40(8)33(56-37(50)57-40)23(4)29(43-51-11)21(2)18-38(6,52-15-13-14-25-17-26(34(47)48)20-42-19-25)32(24(5)31(46)39(7,41)36(49)54-28)55-35-30(45)27(44(9)10)16-22(3)53-35/h13-14,17,19-24,27-28,30,32-33,35,45H,12,15-16,18H2,1-11H3,(H,47,48)/b14-13+,43-29+/t21-,22-,23+,24+,27+,28-,30-,32-,33-,35+,38-,39+,40-/m1/s1. The first-order valence-corrected chi connectivity index (χ1v) is 19.2. The van der Waals surface area contributed by atoms with E-state index in [1.807, 2.05) is 18.7 Å². The number of carbonyl (C=O) groups is 4. The number of hydrogen-bond acceptors (Lipinski definition) is 15. The average Bonchev–Trinajstić information content (AvgIpc) is 3.47. The van der Waals surface area contributed by atoms with Crippen LogP contribution in [0.25, 0.3) is 6.08 Å². The number of carboxylic acid groups (broad SMARTS) is 1. The molecule has 17 heteroatoms. The van der Waals surface area contributed by atoms with Crippen molar-refractivity contribution >= 4 is 35.7 Å². The Morgan fingerprint density at radius 2 is 1.79 bits per heavy atom. The van der Waals surface area contributed by atoms with Gasteiger partial charge in [-0.2, -0.15) is 0 Å². The first-order valence-electron chi connectivity index (χ1n) is 19.2. The van der Waals surface area contributed by atoms with Crippen molar-refractivity contribution in [1.29, 1.82) is 0 Å². The number of aromatic nitrogens is 1. The quantitative estimate of drug-likeness (QED) is 0.188. The molecule has 16 nitrogen and oxygen atoms in total. The summed E-state index contributed by atoms with van der Waals surface area (Å²) < 4.78 is 53.3. The SMILES string of the molecule is CC[C@H]1OC(=O)[C@@](C)(F)C(=O)[C@H](C)[C@@H](O[C@@H]2O[C@H](C)C[C@H](N(C)C)[C@H]2O)[C@](C)(OC/C=C/c2cncc(C(=O)O)c2)C[C@@H](C)/C(=N\OC)[C@H](C)[C@H]2OC(=O)O[C@@]21C. The lowest BCUT2D eigenvalue weighted by atomic mass is 9.73. The van der Waals surface area contributed by atoms with Crippen LogP contribution in [0.2, 0.25) is 0 Å². The monoisotopic (exact) mass is 807 g/mol. The van der Waals surface area contributed by atoms with Crippen LogP contribution < -0.4 is 0 Å². The molecule has 3 aliphatic rings. The number of Topliss-reactive ketones (excluding diaryl/α,β-unsaturated/α-hetero) is 1. The van der Waals surface area contributed by atoms with Crippen LogP contribution in [0.1, 0.15) is 90.6 Å². The number of aromatic carboxylic acids is 1. The van der Waals surface area contributed by atoms with Gasteiger partial charge in [-0.15, -0.1) is 0 Å². The number of rotatable bonds is 10. The molecule has 0 bridgehead atoms. The molecule has 0 aliphatic carbocycles. The highest BCUT2D eigenvalue weighted by Gasteiger charge is 2.60. The number of ether oxygens (including phenoxy) is 6. The van der Waals surface area contributed by atoms with Crippen molar-refractivity contribution in [1.82, 2.24) is 9.88 Å². The summed E-state index contributed by atoms with van der Waals surface area (Å²) in [6.07, 6.45) is -1.23. The molecule has 4 heterocycles. The fourth-order valence-electron chi connectivity index (χ4n) is 8.37. The summed E-state index contributed by atoms with van der Waals surface area (Å²) in [6.45, 7) is 12.3. The van der Waals surface area contributed by atoms with E-state index in [1.165, 1.54) is 39.4 Å². The van der Waals surface area contributed by atoms with Crippen molar-refractivity contribution in [3.05, 3.63) is 35.7 Å². The zero-order valence-corrected chi connectivity index (χ0v) is 34.6. The number of hydrogen-bond donors (Lipinski definition) is 2. The summed E-state index contributed by atoms with van der Waals surface area (Å²) in [4.78, 5) is 63.6. The highest BCUT2D eigenvalue weighted by atomic mass is 19.1. The minimum atomic E-state index is -3.23. The summed E-state index contributed by atoms with van der Waals surface area (Å²) in [5, 5.41) is 25.4. The van der Waals surface area contributed by atoms with Crippen LogP contribution in [0.15, 0.2) is 29.7 Å². The Morgan fingerprint density at radius 3 is 2.40 bits per heavy atom. The van der Waals surface area contributed by atoms with Gasteiger partial charge >= 0.3 is 18.1 Å². The van der Waals surface area contributed by atoms with Crippen LogP contribution in [0.3, 0.4) is 0 Å². The molecule has 0 unspecified atom stereocenters. The number of esters is 1. The molecule has 318 valence electrons. The summed E-state index contributed by atoms with van der Waals surface area (Å²) >= 11 is 0. The first-order chi connectivity index (χ1) is 26.6. The number of cyclic esters (lactones) is 1. The second kappa shape index (κ2) is 18.3. The van der Waals surface area contributed by atoms with E-state index in [1.54, 1.807) is 47.0 Å². The molecule has 0 aromatic carbocycles. The van der Waals surface area contributed by atoms with E-state index in [-0.39, 0.29) is 31.1 Å². The predicted octanol–water partition coefficient (Wildman–Crippen LogP) is 4.61. The maximum absolute atomic E-state index is 16.9. The largest absolute Gasteiger partial charge is 0.509 e. The molecule has 2 N–H and O–H groups in total. The van der Waals surface area contributed by atoms with Crippen LogP contribution in [0.4, 0.5) is 9.18 Å². The number of nitrogens with zero attached hydrogens (tertiary/aromatic N) is 3. The molecule has 0 spiro atoms. The number of aliphatic hydroxyl groups is 1. The van der Waals surface area contributed by atoms with Crippen LogP contribution in [-0.2, 0) is 42.8 Å². The second-order valence-electron chi connectivity index (χ2n) is 16.1. The van der Waals surface area contributed by atoms with Gasteiger partial charge in [-0.25, -0.2) is 18.8 Å². The average molecular weight is 808 g/mol. The highest BCUT2D eigenvalue weighted by Crippen LogP contribution is 2.43. The maximum Gasteiger partial charge on any atom is 0.509 e. The molecule has 3 aliphatic heterocycles. The van der Waals surface area contributed by atoms with E-state index >= 15 is 4.39 Å². The molecule has 4 rings (SSSR count). The Hall–Kier alpha value is -4.03. The van der Waals surface area contributed by atoms with Crippen LogP contribution in [0, 0.1) is 17.8 Å². The van der Waals surface area contributed by atoms with Crippen molar-refractivity contribution < 1.29 is 67.0 Å². The Bertz CT molecular complexity index is 1690. The van der Waals surface area contributed by atoms with Gasteiger partial charge in [0.25, 0.3) is 5.67 Å². The van der Waals surface area contributed by atoms with Crippen LogP contribution >= 0.6 is 0 Å². The molecule has 3 fully saturated rings. The summed E-state index contributed by atoms with van der Waals surface area (Å²) in [7, 11) is 4.97. The van der Waals surface area contributed by atoms with Gasteiger partial charge in [-0.3, -0.25) is 9.78 Å². The van der Waals surface area contributed by atoms with E-state index < -0.39 is 95.2 Å². The Kier molecular flexibility index (Phi) is 14.6. The number of halogens is 1. The molecule has 1 aromatic heterocycles. The number of ketones is 1. The van der Waals surface area contributed by atoms with Gasteiger partial charge in [0.05, 0.1) is 35.7 Å². The van der Waals surface area contributed by atoms with Gasteiger partial charge in [0, 0.05) is 36.2 Å². The Morgan fingerprint density at radius 1 is 1.11 bits per heavy atom. The van der Waals surface area contributed by atoms with E-state index in [9.17, 15) is 29.4 Å². The van der Waals surface area contributed by atoms with Gasteiger partial charge in [-0.1, -0.05) is 45.0 Å². The third kappa shape index (κ3) is 9.82. The minimum absolute atomic E-state index is 0.0179. The highest BCUT2D eigenvalue weighted by molar-refractivity contribution is 6.08. The number of aliphatic hydroxyl groups excluding tert-OH is 1. The fourth-order valence-corrected chi connectivity index (χ4v) is 8.37. The molecular formula is C40H58FN3O13. The molecule has 1 aromatic rings. The smallest absolute Gasteiger partial charge is 0.478 e. The van der Waals surface area contributed by atoms with E-state index in [4.69, 9.17) is 33.3 Å². The van der Waals surface area contributed by atoms with Gasteiger partial charge in [-0.05, 0) is 72.7 Å². The van der Waals surface area contributed by atoms with E-state index in [0.717, 1.165) is 6.92 Å². The molecule has 0 radical (unpaired) electrons. The Balaban J connectivity index is 1.89. The molecular weight excluding hydrogens is 749 g/mol.